The monoisotopic (exact) mass is 381 g/mol. The van der Waals surface area contributed by atoms with E-state index < -0.39 is 17.9 Å². The number of thiazole rings is 1. The summed E-state index contributed by atoms with van der Waals surface area (Å²) in [5.41, 5.74) is 0.484. The molecule has 0 saturated heterocycles. The van der Waals surface area contributed by atoms with E-state index >= 15 is 0 Å². The Bertz CT molecular complexity index is 742. The van der Waals surface area contributed by atoms with Crippen molar-refractivity contribution in [3.05, 3.63) is 33.5 Å². The van der Waals surface area contributed by atoms with Gasteiger partial charge in [0.05, 0.1) is 17.0 Å². The Morgan fingerprint density at radius 1 is 1.32 bits per heavy atom. The number of carboxylic acids is 1. The summed E-state index contributed by atoms with van der Waals surface area (Å²) in [4.78, 5) is 40.1. The largest absolute Gasteiger partial charge is 0.480 e. The van der Waals surface area contributed by atoms with Crippen LogP contribution in [0.2, 0.25) is 0 Å². The van der Waals surface area contributed by atoms with Crippen molar-refractivity contribution in [2.75, 3.05) is 5.32 Å². The number of nitrogens with one attached hydrogen (secondary N) is 2. The number of hydrogen-bond donors (Lipinski definition) is 3. The Kier molecular flexibility index (Phi) is 6.65. The van der Waals surface area contributed by atoms with E-state index in [0.717, 1.165) is 0 Å². The maximum absolute atomic E-state index is 12.1. The molecule has 134 valence electrons. The van der Waals surface area contributed by atoms with Crippen LogP contribution >= 0.6 is 22.7 Å². The third kappa shape index (κ3) is 5.36. The predicted octanol–water partition coefficient (Wildman–Crippen LogP) is 2.61. The van der Waals surface area contributed by atoms with Crippen molar-refractivity contribution in [2.24, 2.45) is 5.92 Å². The second kappa shape index (κ2) is 8.72. The van der Waals surface area contributed by atoms with E-state index in [9.17, 15) is 19.5 Å². The van der Waals surface area contributed by atoms with E-state index in [4.69, 9.17) is 0 Å². The lowest BCUT2D eigenvalue weighted by Gasteiger charge is -2.19. The first-order valence-corrected chi connectivity index (χ1v) is 9.48. The fourth-order valence-electron chi connectivity index (χ4n) is 2.08. The van der Waals surface area contributed by atoms with Crippen molar-refractivity contribution in [2.45, 2.75) is 32.7 Å². The lowest BCUT2D eigenvalue weighted by Crippen LogP contribution is -2.45. The van der Waals surface area contributed by atoms with Crippen LogP contribution in [0.15, 0.2) is 22.9 Å². The highest BCUT2D eigenvalue weighted by Gasteiger charge is 2.25. The smallest absolute Gasteiger partial charge is 0.326 e. The number of rotatable bonds is 8. The van der Waals surface area contributed by atoms with Gasteiger partial charge in [-0.25, -0.2) is 9.78 Å². The van der Waals surface area contributed by atoms with Crippen molar-refractivity contribution < 1.29 is 19.5 Å². The molecule has 0 aliphatic rings. The van der Waals surface area contributed by atoms with Crippen LogP contribution in [0.1, 0.15) is 35.6 Å². The minimum atomic E-state index is -1.05. The zero-order valence-electron chi connectivity index (χ0n) is 13.8. The van der Waals surface area contributed by atoms with Crippen LogP contribution in [0, 0.1) is 5.92 Å². The number of carbonyl (C=O) groups is 3. The molecule has 2 atom stereocenters. The van der Waals surface area contributed by atoms with E-state index in [1.54, 1.807) is 24.4 Å². The van der Waals surface area contributed by atoms with Gasteiger partial charge in [0.15, 0.2) is 5.13 Å². The van der Waals surface area contributed by atoms with Gasteiger partial charge in [0.1, 0.15) is 6.04 Å². The molecule has 3 N–H and O–H groups in total. The van der Waals surface area contributed by atoms with Crippen LogP contribution in [0.25, 0.3) is 0 Å². The van der Waals surface area contributed by atoms with Crippen LogP contribution in [0.5, 0.6) is 0 Å². The second-order valence-corrected chi connectivity index (χ2v) is 7.33. The highest BCUT2D eigenvalue weighted by molar-refractivity contribution is 7.14. The summed E-state index contributed by atoms with van der Waals surface area (Å²) in [6, 6.07) is 2.57. The molecule has 7 nitrogen and oxygen atoms in total. The van der Waals surface area contributed by atoms with E-state index in [1.165, 1.54) is 22.7 Å². The highest BCUT2D eigenvalue weighted by atomic mass is 32.1. The lowest BCUT2D eigenvalue weighted by molar-refractivity contribution is -0.143. The molecule has 0 aromatic carbocycles. The molecular formula is C16H19N3O4S2. The number of carbonyl (C=O) groups excluding carboxylic acids is 2. The highest BCUT2D eigenvalue weighted by Crippen LogP contribution is 2.18. The molecule has 0 unspecified atom stereocenters. The van der Waals surface area contributed by atoms with Crippen LogP contribution in [0.3, 0.4) is 0 Å². The van der Waals surface area contributed by atoms with Crippen molar-refractivity contribution in [3.8, 4) is 0 Å². The van der Waals surface area contributed by atoms with Crippen molar-refractivity contribution >= 4 is 45.6 Å². The van der Waals surface area contributed by atoms with Crippen LogP contribution in [-0.2, 0) is 16.0 Å². The molecule has 2 aromatic heterocycles. The third-order valence-electron chi connectivity index (χ3n) is 3.65. The Balaban J connectivity index is 1.92. The minimum Gasteiger partial charge on any atom is -0.480 e. The standard InChI is InChI=1S/C16H19N3O4S2/c1-3-9(2)13(15(22)23)18-12(20)7-10-8-25-16(17-10)19-14(21)11-5-4-6-24-11/h4-6,8-9,13H,3,7H2,1-2H3,(H,18,20)(H,22,23)(H,17,19,21)/t9-,13-/m0/s1. The van der Waals surface area contributed by atoms with Gasteiger partial charge in [-0.1, -0.05) is 26.3 Å². The Morgan fingerprint density at radius 2 is 2.08 bits per heavy atom. The second-order valence-electron chi connectivity index (χ2n) is 5.52. The first-order chi connectivity index (χ1) is 11.9. The summed E-state index contributed by atoms with van der Waals surface area (Å²) in [6.07, 6.45) is 0.610. The van der Waals surface area contributed by atoms with Crippen LogP contribution < -0.4 is 10.6 Å². The predicted molar refractivity (Wildman–Crippen MR) is 97.1 cm³/mol. The van der Waals surface area contributed by atoms with E-state index in [1.807, 2.05) is 12.3 Å². The van der Waals surface area contributed by atoms with Gasteiger partial charge in [-0.05, 0) is 17.4 Å². The fraction of sp³-hybridized carbons (Fsp3) is 0.375. The zero-order valence-corrected chi connectivity index (χ0v) is 15.4. The molecule has 2 rings (SSSR count). The Labute approximate surface area is 153 Å². The molecule has 2 aromatic rings. The molecule has 2 heterocycles. The van der Waals surface area contributed by atoms with Crippen molar-refractivity contribution in [1.29, 1.82) is 0 Å². The molecule has 0 bridgehead atoms. The van der Waals surface area contributed by atoms with Crippen molar-refractivity contribution in [3.63, 3.8) is 0 Å². The van der Waals surface area contributed by atoms with Crippen molar-refractivity contribution in [1.82, 2.24) is 10.3 Å². The van der Waals surface area contributed by atoms with Crippen LogP contribution in [-0.4, -0.2) is 33.9 Å². The molecular weight excluding hydrogens is 362 g/mol. The first-order valence-electron chi connectivity index (χ1n) is 7.72. The molecule has 0 spiro atoms. The number of aromatic nitrogens is 1. The maximum Gasteiger partial charge on any atom is 0.326 e. The quantitative estimate of drug-likeness (QED) is 0.651. The van der Waals surface area contributed by atoms with Gasteiger partial charge in [-0.2, -0.15) is 0 Å². The van der Waals surface area contributed by atoms with E-state index in [2.05, 4.69) is 15.6 Å². The number of thiophene rings is 1. The minimum absolute atomic E-state index is 0.0361. The average molecular weight is 381 g/mol. The van der Waals surface area contributed by atoms with Crippen LogP contribution in [0.4, 0.5) is 5.13 Å². The molecule has 0 aliphatic carbocycles. The summed E-state index contributed by atoms with van der Waals surface area (Å²) < 4.78 is 0. The lowest BCUT2D eigenvalue weighted by atomic mass is 9.99. The summed E-state index contributed by atoms with van der Waals surface area (Å²) in [5, 5.41) is 18.3. The molecule has 0 aliphatic heterocycles. The molecule has 25 heavy (non-hydrogen) atoms. The van der Waals surface area contributed by atoms with Gasteiger partial charge in [-0.15, -0.1) is 22.7 Å². The van der Waals surface area contributed by atoms with E-state index in [-0.39, 0.29) is 18.2 Å². The van der Waals surface area contributed by atoms with Gasteiger partial charge in [-0.3, -0.25) is 14.9 Å². The topological polar surface area (TPSA) is 108 Å². The molecule has 2 amide bonds. The van der Waals surface area contributed by atoms with Gasteiger partial charge in [0.25, 0.3) is 5.91 Å². The number of anilines is 1. The molecule has 0 radical (unpaired) electrons. The maximum atomic E-state index is 12.1. The zero-order chi connectivity index (χ0) is 18.4. The number of carboxylic acid groups (broad SMARTS) is 1. The number of nitrogens with zero attached hydrogens (tertiary/aromatic N) is 1. The Morgan fingerprint density at radius 3 is 2.68 bits per heavy atom. The average Bonchev–Trinajstić information content (AvgIpc) is 3.23. The summed E-state index contributed by atoms with van der Waals surface area (Å²) in [6.45, 7) is 3.65. The molecule has 9 heteroatoms. The molecule has 0 fully saturated rings. The summed E-state index contributed by atoms with van der Waals surface area (Å²) in [5.74, 6) is -1.88. The number of hydrogen-bond acceptors (Lipinski definition) is 6. The third-order valence-corrected chi connectivity index (χ3v) is 5.33. The SMILES string of the molecule is CC[C@H](C)[C@H](NC(=O)Cc1csc(NC(=O)c2cccs2)n1)C(=O)O. The van der Waals surface area contributed by atoms with E-state index in [0.29, 0.717) is 22.1 Å². The fourth-order valence-corrected chi connectivity index (χ4v) is 3.41. The Hall–Kier alpha value is -2.26. The van der Waals surface area contributed by atoms with Gasteiger partial charge in [0.2, 0.25) is 5.91 Å². The molecule has 0 saturated carbocycles. The number of amides is 2. The van der Waals surface area contributed by atoms with Gasteiger partial charge >= 0.3 is 5.97 Å². The summed E-state index contributed by atoms with van der Waals surface area (Å²) >= 11 is 2.55. The van der Waals surface area contributed by atoms with Gasteiger partial charge in [0, 0.05) is 5.38 Å². The first kappa shape index (κ1) is 19.1. The van der Waals surface area contributed by atoms with Gasteiger partial charge < -0.3 is 10.4 Å². The normalized spacial score (nSPS) is 13.0. The summed E-state index contributed by atoms with van der Waals surface area (Å²) in [7, 11) is 0. The number of aliphatic carboxylic acids is 1.